The molecule has 0 bridgehead atoms. The fourth-order valence-electron chi connectivity index (χ4n) is 1.73. The van der Waals surface area contributed by atoms with Crippen LogP contribution < -0.4 is 5.32 Å². The number of benzene rings is 2. The van der Waals surface area contributed by atoms with Gasteiger partial charge in [0, 0.05) is 27.6 Å². The number of amides is 1. The highest BCUT2D eigenvalue weighted by Gasteiger charge is 2.16. The number of nitrogens with one attached hydrogen (secondary N) is 1. The molecule has 2 unspecified atom stereocenters. The Kier molecular flexibility index (Phi) is 4.65. The average molecular weight is 289 g/mol. The van der Waals surface area contributed by atoms with E-state index in [0.29, 0.717) is 16.1 Å². The molecule has 0 saturated carbocycles. The van der Waals surface area contributed by atoms with Gasteiger partial charge in [-0.1, -0.05) is 30.3 Å². The average Bonchev–Trinajstić information content (AvgIpc) is 2.48. The second kappa shape index (κ2) is 6.45. The number of hydrogen-bond donors (Lipinski definition) is 2. The van der Waals surface area contributed by atoms with Gasteiger partial charge in [0.25, 0.3) is 5.91 Å². The quantitative estimate of drug-likeness (QED) is 0.905. The third kappa shape index (κ3) is 3.53. The molecule has 2 aromatic rings. The van der Waals surface area contributed by atoms with Crippen LogP contribution in [0.25, 0.3) is 0 Å². The summed E-state index contributed by atoms with van der Waals surface area (Å²) in [7, 11) is -1.05. The first-order chi connectivity index (χ1) is 9.58. The predicted molar refractivity (Wildman–Crippen MR) is 78.8 cm³/mol. The van der Waals surface area contributed by atoms with Gasteiger partial charge < -0.3 is 10.4 Å². The number of anilines is 1. The summed E-state index contributed by atoms with van der Waals surface area (Å²) in [6.07, 6.45) is 0.378. The van der Waals surface area contributed by atoms with Crippen molar-refractivity contribution in [1.29, 1.82) is 0 Å². The van der Waals surface area contributed by atoms with E-state index in [1.54, 1.807) is 54.8 Å². The second-order valence-corrected chi connectivity index (χ2v) is 5.66. The zero-order chi connectivity index (χ0) is 14.5. The van der Waals surface area contributed by atoms with Gasteiger partial charge in [-0.2, -0.15) is 0 Å². The molecule has 20 heavy (non-hydrogen) atoms. The van der Waals surface area contributed by atoms with Crippen molar-refractivity contribution in [1.82, 2.24) is 0 Å². The molecule has 2 N–H and O–H groups in total. The number of carbonyl (C=O) groups excluding carboxylic acids is 1. The van der Waals surface area contributed by atoms with Crippen LogP contribution in [0.3, 0.4) is 0 Å². The second-order valence-electron chi connectivity index (χ2n) is 4.28. The van der Waals surface area contributed by atoms with E-state index < -0.39 is 22.8 Å². The number of aliphatic hydroxyl groups is 1. The molecule has 0 aromatic heterocycles. The van der Waals surface area contributed by atoms with E-state index in [-0.39, 0.29) is 0 Å². The lowest BCUT2D eigenvalue weighted by Gasteiger charge is -2.11. The number of aliphatic hydroxyl groups excluding tert-OH is 1. The highest BCUT2D eigenvalue weighted by atomic mass is 32.2. The number of carbonyl (C=O) groups is 1. The van der Waals surface area contributed by atoms with Crippen LogP contribution in [0.4, 0.5) is 5.69 Å². The van der Waals surface area contributed by atoms with Crippen LogP contribution in [-0.2, 0) is 15.6 Å². The third-order valence-electron chi connectivity index (χ3n) is 2.82. The van der Waals surface area contributed by atoms with Crippen molar-refractivity contribution in [3.05, 3.63) is 60.2 Å². The summed E-state index contributed by atoms with van der Waals surface area (Å²) in [5.41, 5.74) is 1.09. The largest absolute Gasteiger partial charge is 0.378 e. The van der Waals surface area contributed by atoms with Crippen LogP contribution in [0.1, 0.15) is 11.7 Å². The van der Waals surface area contributed by atoms with Gasteiger partial charge in [0.05, 0.1) is 0 Å². The Labute approximate surface area is 119 Å². The first kappa shape index (κ1) is 14.4. The Morgan fingerprint density at radius 3 is 2.25 bits per heavy atom. The van der Waals surface area contributed by atoms with Crippen molar-refractivity contribution in [2.24, 2.45) is 0 Å². The lowest BCUT2D eigenvalue weighted by atomic mass is 10.1. The molecule has 4 nitrogen and oxygen atoms in total. The summed E-state index contributed by atoms with van der Waals surface area (Å²) in [5.74, 6) is -0.499. The maximum absolute atomic E-state index is 11.9. The lowest BCUT2D eigenvalue weighted by Crippen LogP contribution is -2.20. The van der Waals surface area contributed by atoms with E-state index in [1.165, 1.54) is 0 Å². The number of hydrogen-bond acceptors (Lipinski definition) is 3. The topological polar surface area (TPSA) is 66.4 Å². The smallest absolute Gasteiger partial charge is 0.257 e. The SMILES string of the molecule is CS(=O)c1ccc(NC(=O)C(O)c2ccccc2)cc1. The molecule has 5 heteroatoms. The highest BCUT2D eigenvalue weighted by Crippen LogP contribution is 2.16. The molecule has 1 amide bonds. The molecule has 104 valence electrons. The summed E-state index contributed by atoms with van der Waals surface area (Å²) in [6, 6.07) is 15.4. The fourth-order valence-corrected chi connectivity index (χ4v) is 2.25. The zero-order valence-corrected chi connectivity index (χ0v) is 11.8. The van der Waals surface area contributed by atoms with Crippen molar-refractivity contribution in [2.45, 2.75) is 11.0 Å². The maximum Gasteiger partial charge on any atom is 0.257 e. The van der Waals surface area contributed by atoms with Crippen LogP contribution in [0, 0.1) is 0 Å². The Balaban J connectivity index is 2.06. The molecule has 0 aliphatic heterocycles. The zero-order valence-electron chi connectivity index (χ0n) is 10.9. The lowest BCUT2D eigenvalue weighted by molar-refractivity contribution is -0.124. The Morgan fingerprint density at radius 1 is 1.10 bits per heavy atom. The molecule has 0 aliphatic carbocycles. The highest BCUT2D eigenvalue weighted by molar-refractivity contribution is 7.84. The molecular formula is C15H15NO3S. The van der Waals surface area contributed by atoms with Crippen LogP contribution in [0.2, 0.25) is 0 Å². The Bertz CT molecular complexity index is 611. The van der Waals surface area contributed by atoms with Crippen molar-refractivity contribution in [3.8, 4) is 0 Å². The minimum Gasteiger partial charge on any atom is -0.378 e. The van der Waals surface area contributed by atoms with Gasteiger partial charge in [-0.05, 0) is 29.8 Å². The van der Waals surface area contributed by atoms with Crippen LogP contribution in [0.15, 0.2) is 59.5 Å². The molecule has 0 radical (unpaired) electrons. The molecule has 2 atom stereocenters. The van der Waals surface area contributed by atoms with Crippen molar-refractivity contribution in [3.63, 3.8) is 0 Å². The molecule has 2 rings (SSSR count). The van der Waals surface area contributed by atoms with Crippen LogP contribution in [0.5, 0.6) is 0 Å². The van der Waals surface area contributed by atoms with Gasteiger partial charge in [-0.15, -0.1) is 0 Å². The van der Waals surface area contributed by atoms with Crippen molar-refractivity contribution < 1.29 is 14.1 Å². The third-order valence-corrected chi connectivity index (χ3v) is 3.75. The monoisotopic (exact) mass is 289 g/mol. The van der Waals surface area contributed by atoms with E-state index in [9.17, 15) is 14.1 Å². The van der Waals surface area contributed by atoms with Gasteiger partial charge >= 0.3 is 0 Å². The normalized spacial score (nSPS) is 13.5. The summed E-state index contributed by atoms with van der Waals surface area (Å²) in [5, 5.41) is 12.6. The summed E-state index contributed by atoms with van der Waals surface area (Å²) >= 11 is 0. The summed E-state index contributed by atoms with van der Waals surface area (Å²) in [6.45, 7) is 0. The summed E-state index contributed by atoms with van der Waals surface area (Å²) < 4.78 is 11.3. The van der Waals surface area contributed by atoms with E-state index in [1.807, 2.05) is 6.07 Å². The van der Waals surface area contributed by atoms with Crippen LogP contribution in [-0.4, -0.2) is 21.5 Å². The van der Waals surface area contributed by atoms with Gasteiger partial charge in [-0.25, -0.2) is 0 Å². The van der Waals surface area contributed by atoms with E-state index >= 15 is 0 Å². The van der Waals surface area contributed by atoms with Gasteiger partial charge in [0.2, 0.25) is 0 Å². The first-order valence-electron chi connectivity index (χ1n) is 6.05. The Morgan fingerprint density at radius 2 is 1.70 bits per heavy atom. The van der Waals surface area contributed by atoms with Gasteiger partial charge in [0.15, 0.2) is 6.10 Å². The van der Waals surface area contributed by atoms with Crippen molar-refractivity contribution >= 4 is 22.4 Å². The molecular weight excluding hydrogens is 274 g/mol. The fraction of sp³-hybridized carbons (Fsp3) is 0.133. The van der Waals surface area contributed by atoms with Gasteiger partial charge in [-0.3, -0.25) is 9.00 Å². The van der Waals surface area contributed by atoms with Crippen molar-refractivity contribution in [2.75, 3.05) is 11.6 Å². The Hall–Kier alpha value is -1.98. The predicted octanol–water partition coefficient (Wildman–Crippen LogP) is 2.10. The van der Waals surface area contributed by atoms with Crippen LogP contribution >= 0.6 is 0 Å². The molecule has 0 spiro atoms. The standard InChI is InChI=1S/C15H15NO3S/c1-20(19)13-9-7-12(8-10-13)16-15(18)14(17)11-5-3-2-4-6-11/h2-10,14,17H,1H3,(H,16,18). The number of rotatable bonds is 4. The minimum absolute atomic E-state index is 0.499. The van der Waals surface area contributed by atoms with E-state index in [0.717, 1.165) is 0 Å². The molecule has 0 saturated heterocycles. The molecule has 2 aromatic carbocycles. The molecule has 0 aliphatic rings. The van der Waals surface area contributed by atoms with E-state index in [4.69, 9.17) is 0 Å². The molecule has 0 fully saturated rings. The molecule has 0 heterocycles. The van der Waals surface area contributed by atoms with E-state index in [2.05, 4.69) is 5.32 Å². The maximum atomic E-state index is 11.9. The summed E-state index contributed by atoms with van der Waals surface area (Å²) in [4.78, 5) is 12.6. The first-order valence-corrected chi connectivity index (χ1v) is 7.61. The minimum atomic E-state index is -1.21. The van der Waals surface area contributed by atoms with Gasteiger partial charge in [0.1, 0.15) is 0 Å².